The normalized spacial score (nSPS) is 21.4. The maximum Gasteiger partial charge on any atom is 0.186 e. The monoisotopic (exact) mass is 282 g/mol. The van der Waals surface area contributed by atoms with E-state index >= 15 is 0 Å². The van der Waals surface area contributed by atoms with Crippen LogP contribution in [0.5, 0.6) is 0 Å². The van der Waals surface area contributed by atoms with Gasteiger partial charge in [-0.25, -0.2) is 4.98 Å². The predicted octanol–water partition coefficient (Wildman–Crippen LogP) is 2.13. The molecule has 0 amide bonds. The van der Waals surface area contributed by atoms with Gasteiger partial charge in [0.2, 0.25) is 0 Å². The van der Waals surface area contributed by atoms with E-state index in [4.69, 9.17) is 4.98 Å². The van der Waals surface area contributed by atoms with Gasteiger partial charge < -0.3 is 15.1 Å². The van der Waals surface area contributed by atoms with Crippen molar-refractivity contribution in [2.75, 3.05) is 38.6 Å². The molecule has 2 heterocycles. The average Bonchev–Trinajstić information content (AvgIpc) is 2.73. The Morgan fingerprint density at radius 2 is 2.16 bits per heavy atom. The Kier molecular flexibility index (Phi) is 4.81. The number of thiazole rings is 1. The van der Waals surface area contributed by atoms with E-state index in [1.54, 1.807) is 0 Å². The Balaban J connectivity index is 2.22. The van der Waals surface area contributed by atoms with Crippen LogP contribution in [0.25, 0.3) is 0 Å². The van der Waals surface area contributed by atoms with Gasteiger partial charge in [0.1, 0.15) is 0 Å². The number of likely N-dealkylation sites (N-methyl/N-ethyl adjacent to an activating group) is 1. The molecule has 1 aliphatic rings. The zero-order valence-corrected chi connectivity index (χ0v) is 13.5. The van der Waals surface area contributed by atoms with Crippen LogP contribution in [0.4, 0.5) is 5.13 Å². The van der Waals surface area contributed by atoms with Gasteiger partial charge in [-0.3, -0.25) is 0 Å². The molecule has 0 bridgehead atoms. The fourth-order valence-electron chi connectivity index (χ4n) is 2.64. The van der Waals surface area contributed by atoms with Gasteiger partial charge in [-0.2, -0.15) is 0 Å². The Morgan fingerprint density at radius 3 is 2.74 bits per heavy atom. The third-order valence-corrected chi connectivity index (χ3v) is 4.79. The molecule has 1 atom stereocenters. The lowest BCUT2D eigenvalue weighted by molar-refractivity contribution is 0.275. The average molecular weight is 282 g/mol. The highest BCUT2D eigenvalue weighted by Crippen LogP contribution is 2.32. The number of rotatable bonds is 4. The molecule has 108 valence electrons. The topological polar surface area (TPSA) is 31.4 Å². The van der Waals surface area contributed by atoms with Crippen molar-refractivity contribution >= 4 is 16.5 Å². The highest BCUT2D eigenvalue weighted by molar-refractivity contribution is 7.15. The zero-order chi connectivity index (χ0) is 14.0. The Labute approximate surface area is 120 Å². The van der Waals surface area contributed by atoms with Crippen LogP contribution in [0.1, 0.15) is 37.3 Å². The Morgan fingerprint density at radius 1 is 1.42 bits per heavy atom. The number of hydrogen-bond donors (Lipinski definition) is 1. The third-order valence-electron chi connectivity index (χ3n) is 3.68. The second kappa shape index (κ2) is 6.20. The van der Waals surface area contributed by atoms with Crippen LogP contribution in [0, 0.1) is 0 Å². The van der Waals surface area contributed by atoms with Gasteiger partial charge in [-0.1, -0.05) is 13.8 Å². The van der Waals surface area contributed by atoms with Crippen molar-refractivity contribution in [1.29, 1.82) is 0 Å². The number of anilines is 1. The first-order valence-electron chi connectivity index (χ1n) is 7.12. The van der Waals surface area contributed by atoms with Gasteiger partial charge in [0.25, 0.3) is 0 Å². The summed E-state index contributed by atoms with van der Waals surface area (Å²) in [5.74, 6) is 0.496. The van der Waals surface area contributed by atoms with Crippen LogP contribution in [0.15, 0.2) is 0 Å². The molecule has 1 saturated heterocycles. The molecule has 1 fully saturated rings. The molecule has 0 spiro atoms. The summed E-state index contributed by atoms with van der Waals surface area (Å²) in [4.78, 5) is 11.2. The van der Waals surface area contributed by atoms with Crippen molar-refractivity contribution in [3.8, 4) is 0 Å². The first-order valence-corrected chi connectivity index (χ1v) is 7.94. The van der Waals surface area contributed by atoms with Crippen molar-refractivity contribution in [1.82, 2.24) is 15.2 Å². The van der Waals surface area contributed by atoms with Crippen molar-refractivity contribution in [3.05, 3.63) is 10.6 Å². The van der Waals surface area contributed by atoms with Gasteiger partial charge in [-0.05, 0) is 26.9 Å². The van der Waals surface area contributed by atoms with Crippen molar-refractivity contribution in [2.45, 2.75) is 39.3 Å². The van der Waals surface area contributed by atoms with E-state index < -0.39 is 0 Å². The molecule has 1 aliphatic heterocycles. The molecule has 2 rings (SSSR count). The fourth-order valence-corrected chi connectivity index (χ4v) is 3.99. The second-order valence-electron chi connectivity index (χ2n) is 5.79. The third kappa shape index (κ3) is 3.27. The van der Waals surface area contributed by atoms with E-state index in [0.29, 0.717) is 12.0 Å². The molecule has 0 saturated carbocycles. The highest BCUT2D eigenvalue weighted by atomic mass is 32.1. The van der Waals surface area contributed by atoms with Gasteiger partial charge in [0, 0.05) is 37.1 Å². The van der Waals surface area contributed by atoms with E-state index in [-0.39, 0.29) is 0 Å². The van der Waals surface area contributed by atoms with Crippen LogP contribution in [0.2, 0.25) is 0 Å². The van der Waals surface area contributed by atoms with Gasteiger partial charge >= 0.3 is 0 Å². The highest BCUT2D eigenvalue weighted by Gasteiger charge is 2.25. The van der Waals surface area contributed by atoms with Crippen LogP contribution >= 0.6 is 11.3 Å². The minimum Gasteiger partial charge on any atom is -0.343 e. The molecule has 0 aromatic carbocycles. The number of nitrogens with one attached hydrogen (secondary N) is 1. The summed E-state index contributed by atoms with van der Waals surface area (Å²) in [6.07, 6.45) is 0. The lowest BCUT2D eigenvalue weighted by atomic mass is 10.1. The number of aromatic nitrogens is 1. The summed E-state index contributed by atoms with van der Waals surface area (Å²) >= 11 is 1.86. The SMILES string of the molecule is CNCc1sc(N2CCN(C)CC2C)nc1C(C)C. The Hall–Kier alpha value is -0.650. The van der Waals surface area contributed by atoms with Gasteiger partial charge in [-0.15, -0.1) is 11.3 Å². The van der Waals surface area contributed by atoms with E-state index in [1.807, 2.05) is 18.4 Å². The molecule has 4 nitrogen and oxygen atoms in total. The van der Waals surface area contributed by atoms with E-state index in [0.717, 1.165) is 26.2 Å². The molecule has 0 aliphatic carbocycles. The second-order valence-corrected chi connectivity index (χ2v) is 6.86. The summed E-state index contributed by atoms with van der Waals surface area (Å²) in [5, 5.41) is 4.46. The maximum atomic E-state index is 4.91. The van der Waals surface area contributed by atoms with Gasteiger partial charge in [0.15, 0.2) is 5.13 Å². The standard InChI is InChI=1S/C14H26N4S/c1-10(2)13-12(8-15-4)19-14(16-13)18-7-6-17(5)9-11(18)3/h10-11,15H,6-9H2,1-5H3. The molecular weight excluding hydrogens is 256 g/mol. The summed E-state index contributed by atoms with van der Waals surface area (Å²) < 4.78 is 0. The van der Waals surface area contributed by atoms with E-state index in [9.17, 15) is 0 Å². The molecule has 19 heavy (non-hydrogen) atoms. The summed E-state index contributed by atoms with van der Waals surface area (Å²) in [5.41, 5.74) is 1.26. The molecule has 0 radical (unpaired) electrons. The van der Waals surface area contributed by atoms with E-state index in [2.05, 4.69) is 42.9 Å². The summed E-state index contributed by atoms with van der Waals surface area (Å²) in [6, 6.07) is 0.548. The first-order chi connectivity index (χ1) is 9.02. The maximum absolute atomic E-state index is 4.91. The quantitative estimate of drug-likeness (QED) is 0.917. The molecular formula is C14H26N4S. The predicted molar refractivity (Wildman–Crippen MR) is 83.3 cm³/mol. The van der Waals surface area contributed by atoms with Crippen LogP contribution in [-0.4, -0.2) is 49.7 Å². The number of piperazine rings is 1. The van der Waals surface area contributed by atoms with Crippen LogP contribution in [0.3, 0.4) is 0 Å². The van der Waals surface area contributed by atoms with Crippen molar-refractivity contribution in [2.24, 2.45) is 0 Å². The largest absolute Gasteiger partial charge is 0.343 e. The van der Waals surface area contributed by atoms with Crippen LogP contribution < -0.4 is 10.2 Å². The fraction of sp³-hybridized carbons (Fsp3) is 0.786. The lowest BCUT2D eigenvalue weighted by Gasteiger charge is -2.38. The van der Waals surface area contributed by atoms with Crippen molar-refractivity contribution < 1.29 is 0 Å². The molecule has 1 aromatic rings. The smallest absolute Gasteiger partial charge is 0.186 e. The number of hydrogen-bond acceptors (Lipinski definition) is 5. The zero-order valence-electron chi connectivity index (χ0n) is 12.7. The molecule has 5 heteroatoms. The van der Waals surface area contributed by atoms with E-state index in [1.165, 1.54) is 15.7 Å². The minimum absolute atomic E-state index is 0.496. The van der Waals surface area contributed by atoms with Gasteiger partial charge in [0.05, 0.1) is 5.69 Å². The number of nitrogens with zero attached hydrogens (tertiary/aromatic N) is 3. The van der Waals surface area contributed by atoms with Crippen molar-refractivity contribution in [3.63, 3.8) is 0 Å². The first kappa shape index (κ1) is 14.8. The molecule has 1 unspecified atom stereocenters. The summed E-state index contributed by atoms with van der Waals surface area (Å²) in [6.45, 7) is 11.0. The molecule has 1 N–H and O–H groups in total. The summed E-state index contributed by atoms with van der Waals surface area (Å²) in [7, 11) is 4.20. The minimum atomic E-state index is 0.496. The Bertz CT molecular complexity index is 416. The van der Waals surface area contributed by atoms with Crippen LogP contribution in [-0.2, 0) is 6.54 Å². The lowest BCUT2D eigenvalue weighted by Crippen LogP contribution is -2.50. The molecule has 1 aromatic heterocycles.